The molecule has 0 fully saturated rings. The van der Waals surface area contributed by atoms with Crippen molar-refractivity contribution >= 4 is 29.3 Å². The molecule has 1 aliphatic heterocycles. The topological polar surface area (TPSA) is 81.7 Å². The van der Waals surface area contributed by atoms with Crippen molar-refractivity contribution in [3.8, 4) is 0 Å². The molecule has 1 aromatic carbocycles. The van der Waals surface area contributed by atoms with Crippen LogP contribution in [-0.4, -0.2) is 30.9 Å². The van der Waals surface area contributed by atoms with E-state index in [1.54, 1.807) is 45.0 Å². The van der Waals surface area contributed by atoms with Gasteiger partial charge in [0.15, 0.2) is 5.78 Å². The molecule has 0 aromatic heterocycles. The maximum Gasteiger partial charge on any atom is 0.337 e. The number of methoxy groups -OCH3 is 1. The average molecular weight is 432 g/mol. The van der Waals surface area contributed by atoms with E-state index < -0.39 is 23.8 Å². The first-order valence-corrected chi connectivity index (χ1v) is 10.3. The number of allylic oxidation sites excluding steroid dienone is 3. The number of benzene rings is 1. The normalized spacial score (nSPS) is 23.8. The molecule has 6 nitrogen and oxygen atoms in total. The van der Waals surface area contributed by atoms with Crippen LogP contribution in [0.1, 0.15) is 45.6 Å². The molecule has 0 spiro atoms. The zero-order valence-electron chi connectivity index (χ0n) is 17.7. The Labute approximate surface area is 181 Å². The van der Waals surface area contributed by atoms with Crippen molar-refractivity contribution in [1.29, 1.82) is 0 Å². The number of carbonyl (C=O) groups is 3. The fraction of sp³-hybridized carbons (Fsp3) is 0.435. The number of ketones is 1. The highest BCUT2D eigenvalue weighted by Crippen LogP contribution is 2.45. The zero-order valence-corrected chi connectivity index (χ0v) is 18.5. The van der Waals surface area contributed by atoms with E-state index in [9.17, 15) is 14.4 Å². The zero-order chi connectivity index (χ0) is 22.2. The summed E-state index contributed by atoms with van der Waals surface area (Å²) in [7, 11) is 1.28. The molecule has 0 saturated heterocycles. The monoisotopic (exact) mass is 431 g/mol. The smallest absolute Gasteiger partial charge is 0.337 e. The molecule has 0 unspecified atom stereocenters. The van der Waals surface area contributed by atoms with Crippen LogP contribution in [0, 0.1) is 11.8 Å². The molecule has 0 bridgehead atoms. The molecule has 160 valence electrons. The summed E-state index contributed by atoms with van der Waals surface area (Å²) in [4.78, 5) is 38.9. The molecule has 3 atom stereocenters. The number of dihydropyridines is 1. The highest BCUT2D eigenvalue weighted by molar-refractivity contribution is 6.30. The number of carbonyl (C=O) groups excluding carboxylic acids is 3. The second-order valence-electron chi connectivity index (χ2n) is 8.04. The van der Waals surface area contributed by atoms with Crippen LogP contribution < -0.4 is 5.32 Å². The fourth-order valence-electron chi connectivity index (χ4n) is 4.22. The summed E-state index contributed by atoms with van der Waals surface area (Å²) in [6.07, 6.45) is 0.179. The lowest BCUT2D eigenvalue weighted by Crippen LogP contribution is -2.43. The molecule has 1 N–H and O–H groups in total. The van der Waals surface area contributed by atoms with Crippen molar-refractivity contribution < 1.29 is 23.9 Å². The number of ether oxygens (including phenoxy) is 2. The molecule has 30 heavy (non-hydrogen) atoms. The lowest BCUT2D eigenvalue weighted by Gasteiger charge is -2.38. The van der Waals surface area contributed by atoms with Crippen molar-refractivity contribution in [2.24, 2.45) is 11.8 Å². The number of esters is 2. The Morgan fingerprint density at radius 2 is 1.83 bits per heavy atom. The number of halogens is 1. The first kappa shape index (κ1) is 22.1. The molecule has 1 aliphatic carbocycles. The van der Waals surface area contributed by atoms with E-state index in [1.807, 2.05) is 6.92 Å². The second-order valence-corrected chi connectivity index (χ2v) is 8.48. The SMILES string of the molecule is COC(=O)[C@H]1C(=O)C2=C(C[C@@H]1C)NC(C)=C(C(=O)OC(C)C)[C@@H]2c1ccc(Cl)cc1. The number of Topliss-reactive ketones (excluding diaryl/α,β-unsaturated/α-hetero) is 1. The lowest BCUT2D eigenvalue weighted by molar-refractivity contribution is -0.151. The molecule has 0 amide bonds. The number of hydrogen-bond donors (Lipinski definition) is 1. The van der Waals surface area contributed by atoms with Gasteiger partial charge in [-0.2, -0.15) is 0 Å². The van der Waals surface area contributed by atoms with Gasteiger partial charge in [-0.05, 0) is 50.8 Å². The van der Waals surface area contributed by atoms with Crippen molar-refractivity contribution in [2.45, 2.75) is 46.1 Å². The predicted molar refractivity (Wildman–Crippen MR) is 113 cm³/mol. The Bertz CT molecular complexity index is 945. The summed E-state index contributed by atoms with van der Waals surface area (Å²) in [6.45, 7) is 7.19. The maximum absolute atomic E-state index is 13.5. The molecule has 1 aromatic rings. The van der Waals surface area contributed by atoms with Crippen molar-refractivity contribution in [2.75, 3.05) is 7.11 Å². The Hall–Kier alpha value is -2.60. The van der Waals surface area contributed by atoms with Gasteiger partial charge in [0.2, 0.25) is 0 Å². The van der Waals surface area contributed by atoms with Crippen LogP contribution >= 0.6 is 11.6 Å². The summed E-state index contributed by atoms with van der Waals surface area (Å²) in [5, 5.41) is 3.78. The van der Waals surface area contributed by atoms with E-state index in [1.165, 1.54) is 7.11 Å². The third kappa shape index (κ3) is 4.01. The number of nitrogens with one attached hydrogen (secondary N) is 1. The number of rotatable bonds is 4. The third-order valence-corrected chi connectivity index (χ3v) is 5.76. The highest BCUT2D eigenvalue weighted by atomic mass is 35.5. The molecule has 0 radical (unpaired) electrons. The van der Waals surface area contributed by atoms with Gasteiger partial charge in [0.05, 0.1) is 18.8 Å². The molecule has 2 aliphatic rings. The van der Waals surface area contributed by atoms with Crippen molar-refractivity contribution in [1.82, 2.24) is 5.32 Å². The van der Waals surface area contributed by atoms with Crippen LogP contribution in [0.5, 0.6) is 0 Å². The van der Waals surface area contributed by atoms with E-state index in [0.717, 1.165) is 11.3 Å². The van der Waals surface area contributed by atoms with E-state index in [-0.39, 0.29) is 17.8 Å². The standard InChI is InChI=1S/C23H26ClNO5/c1-11(2)30-23(28)18-13(4)25-16-10-12(3)17(22(27)29-5)21(26)20(16)19(18)14-6-8-15(24)9-7-14/h6-9,11-12,17,19,25H,10H2,1-5H3/t12-,17+,19-/m0/s1. The highest BCUT2D eigenvalue weighted by Gasteiger charge is 2.47. The minimum Gasteiger partial charge on any atom is -0.468 e. The molecule has 7 heteroatoms. The molecule has 0 saturated carbocycles. The molecular weight excluding hydrogens is 406 g/mol. The molecule has 1 heterocycles. The van der Waals surface area contributed by atoms with Gasteiger partial charge >= 0.3 is 11.9 Å². The first-order chi connectivity index (χ1) is 14.1. The Balaban J connectivity index is 2.17. The van der Waals surface area contributed by atoms with E-state index in [4.69, 9.17) is 21.1 Å². The third-order valence-electron chi connectivity index (χ3n) is 5.51. The number of hydrogen-bond acceptors (Lipinski definition) is 6. The van der Waals surface area contributed by atoms with Gasteiger partial charge in [-0.1, -0.05) is 30.7 Å². The maximum atomic E-state index is 13.5. The quantitative estimate of drug-likeness (QED) is 0.575. The second kappa shape index (κ2) is 8.64. The van der Waals surface area contributed by atoms with Gasteiger partial charge < -0.3 is 14.8 Å². The summed E-state index contributed by atoms with van der Waals surface area (Å²) in [6, 6.07) is 7.01. The minimum atomic E-state index is -0.911. The van der Waals surface area contributed by atoms with E-state index in [2.05, 4.69) is 5.32 Å². The van der Waals surface area contributed by atoms with Crippen LogP contribution in [0.25, 0.3) is 0 Å². The summed E-state index contributed by atoms with van der Waals surface area (Å²) < 4.78 is 10.4. The summed E-state index contributed by atoms with van der Waals surface area (Å²) in [5.41, 5.74) is 2.86. The van der Waals surface area contributed by atoms with Gasteiger partial charge in [0.25, 0.3) is 0 Å². The molecule has 3 rings (SSSR count). The van der Waals surface area contributed by atoms with Crippen molar-refractivity contribution in [3.63, 3.8) is 0 Å². The summed E-state index contributed by atoms with van der Waals surface area (Å²) >= 11 is 6.06. The van der Waals surface area contributed by atoms with Crippen LogP contribution in [0.3, 0.4) is 0 Å². The van der Waals surface area contributed by atoms with E-state index in [0.29, 0.717) is 28.3 Å². The molecular formula is C23H26ClNO5. The largest absolute Gasteiger partial charge is 0.468 e. The van der Waals surface area contributed by atoms with Crippen LogP contribution in [0.2, 0.25) is 5.02 Å². The average Bonchev–Trinajstić information content (AvgIpc) is 2.66. The van der Waals surface area contributed by atoms with Gasteiger partial charge in [-0.15, -0.1) is 0 Å². The predicted octanol–water partition coefficient (Wildman–Crippen LogP) is 3.90. The summed E-state index contributed by atoms with van der Waals surface area (Å²) in [5.74, 6) is -3.18. The van der Waals surface area contributed by atoms with Crippen LogP contribution in [0.15, 0.2) is 46.8 Å². The van der Waals surface area contributed by atoms with Gasteiger partial charge in [-0.3, -0.25) is 9.59 Å². The minimum absolute atomic E-state index is 0.223. The lowest BCUT2D eigenvalue weighted by atomic mass is 9.69. The van der Waals surface area contributed by atoms with Crippen LogP contribution in [-0.2, 0) is 23.9 Å². The van der Waals surface area contributed by atoms with Gasteiger partial charge in [-0.25, -0.2) is 4.79 Å². The fourth-order valence-corrected chi connectivity index (χ4v) is 4.34. The Morgan fingerprint density at radius 1 is 1.20 bits per heavy atom. The van der Waals surface area contributed by atoms with Crippen LogP contribution in [0.4, 0.5) is 0 Å². The van der Waals surface area contributed by atoms with E-state index >= 15 is 0 Å². The van der Waals surface area contributed by atoms with Gasteiger partial charge in [0.1, 0.15) is 5.92 Å². The Morgan fingerprint density at radius 3 is 2.40 bits per heavy atom. The first-order valence-electron chi connectivity index (χ1n) is 9.95. The Kier molecular flexibility index (Phi) is 6.36. The van der Waals surface area contributed by atoms with Gasteiger partial charge in [0, 0.05) is 27.9 Å². The van der Waals surface area contributed by atoms with Crippen molar-refractivity contribution in [3.05, 3.63) is 57.4 Å².